The Morgan fingerprint density at radius 3 is 2.52 bits per heavy atom. The van der Waals surface area contributed by atoms with Crippen LogP contribution >= 0.6 is 0 Å². The average Bonchev–Trinajstić information content (AvgIpc) is 3.28. The minimum absolute atomic E-state index is 0.0335. The van der Waals surface area contributed by atoms with Crippen LogP contribution in [0.4, 0.5) is 10.1 Å². The number of anilines is 1. The van der Waals surface area contributed by atoms with Gasteiger partial charge in [0.1, 0.15) is 12.1 Å². The van der Waals surface area contributed by atoms with Crippen molar-refractivity contribution in [2.75, 3.05) is 24.5 Å². The van der Waals surface area contributed by atoms with Gasteiger partial charge in [-0.3, -0.25) is 4.79 Å². The fourth-order valence-corrected chi connectivity index (χ4v) is 4.95. The molecule has 3 heterocycles. The summed E-state index contributed by atoms with van der Waals surface area (Å²) in [6, 6.07) is 19.2. The van der Waals surface area contributed by atoms with E-state index in [4.69, 9.17) is 4.42 Å². The molecule has 1 spiro atoms. The molecule has 5 heteroatoms. The van der Waals surface area contributed by atoms with Crippen LogP contribution in [0.25, 0.3) is 0 Å². The zero-order chi connectivity index (χ0) is 19.8. The third kappa shape index (κ3) is 3.11. The fraction of sp³-hybridized carbons (Fsp3) is 0.292. The van der Waals surface area contributed by atoms with Gasteiger partial charge in [-0.2, -0.15) is 0 Å². The van der Waals surface area contributed by atoms with Crippen molar-refractivity contribution >= 4 is 11.6 Å². The number of hydrogen-bond donors (Lipinski definition) is 0. The number of benzene rings is 2. The van der Waals surface area contributed by atoms with Gasteiger partial charge in [0.2, 0.25) is 0 Å². The maximum absolute atomic E-state index is 13.8. The third-order valence-electron chi connectivity index (χ3n) is 6.45. The lowest BCUT2D eigenvalue weighted by Gasteiger charge is -2.61. The first-order chi connectivity index (χ1) is 14.2. The Kier molecular flexibility index (Phi) is 4.38. The number of rotatable bonds is 3. The van der Waals surface area contributed by atoms with Gasteiger partial charge in [0.05, 0.1) is 17.9 Å². The van der Waals surface area contributed by atoms with Gasteiger partial charge >= 0.3 is 0 Å². The fourth-order valence-electron chi connectivity index (χ4n) is 4.95. The molecule has 1 aromatic heterocycles. The lowest BCUT2D eigenvalue weighted by Crippen LogP contribution is -2.62. The second kappa shape index (κ2) is 7.07. The van der Waals surface area contributed by atoms with E-state index in [1.54, 1.807) is 18.2 Å². The molecule has 4 nitrogen and oxygen atoms in total. The van der Waals surface area contributed by atoms with Gasteiger partial charge in [-0.1, -0.05) is 36.4 Å². The predicted molar refractivity (Wildman–Crippen MR) is 109 cm³/mol. The number of amides is 1. The Balaban J connectivity index is 1.39. The molecule has 1 unspecified atom stereocenters. The molecule has 2 aliphatic heterocycles. The summed E-state index contributed by atoms with van der Waals surface area (Å²) in [5.41, 5.74) is 2.87. The molecule has 0 saturated carbocycles. The number of piperidine rings is 1. The van der Waals surface area contributed by atoms with E-state index < -0.39 is 0 Å². The Labute approximate surface area is 169 Å². The Morgan fingerprint density at radius 2 is 1.83 bits per heavy atom. The minimum atomic E-state index is -0.212. The zero-order valence-electron chi connectivity index (χ0n) is 16.1. The van der Waals surface area contributed by atoms with Crippen LogP contribution in [0.3, 0.4) is 0 Å². The summed E-state index contributed by atoms with van der Waals surface area (Å²) in [6.07, 6.45) is 4.91. The summed E-state index contributed by atoms with van der Waals surface area (Å²) < 4.78 is 18.9. The standard InChI is InChI=1S/C24H23FN2O2/c25-20-7-4-8-21(15-20)27-17-24(22(27)18-5-2-1-3-6-18)10-12-26(13-11-24)23(28)19-9-14-29-16-19/h1-9,14-16,22H,10-13,17H2. The molecule has 29 heavy (non-hydrogen) atoms. The number of halogens is 1. The summed E-state index contributed by atoms with van der Waals surface area (Å²) in [7, 11) is 0. The maximum Gasteiger partial charge on any atom is 0.257 e. The molecule has 1 atom stereocenters. The van der Waals surface area contributed by atoms with Crippen molar-refractivity contribution in [3.63, 3.8) is 0 Å². The largest absolute Gasteiger partial charge is 0.472 e. The molecule has 2 saturated heterocycles. The number of furan rings is 1. The van der Waals surface area contributed by atoms with Gasteiger partial charge in [-0.15, -0.1) is 0 Å². The average molecular weight is 390 g/mol. The molecule has 0 aliphatic carbocycles. The molecule has 148 valence electrons. The number of carbonyl (C=O) groups excluding carboxylic acids is 1. The first-order valence-corrected chi connectivity index (χ1v) is 10.0. The highest BCUT2D eigenvalue weighted by molar-refractivity contribution is 5.93. The zero-order valence-corrected chi connectivity index (χ0v) is 16.1. The first-order valence-electron chi connectivity index (χ1n) is 10.0. The molecular weight excluding hydrogens is 367 g/mol. The van der Waals surface area contributed by atoms with Crippen molar-refractivity contribution < 1.29 is 13.6 Å². The van der Waals surface area contributed by atoms with Crippen LogP contribution in [0.5, 0.6) is 0 Å². The molecule has 3 aromatic rings. The molecule has 0 radical (unpaired) electrons. The van der Waals surface area contributed by atoms with Gasteiger partial charge in [0.25, 0.3) is 5.91 Å². The molecule has 0 bridgehead atoms. The van der Waals surface area contributed by atoms with Crippen molar-refractivity contribution in [2.24, 2.45) is 5.41 Å². The normalized spacial score (nSPS) is 20.5. The van der Waals surface area contributed by atoms with Crippen LogP contribution < -0.4 is 4.90 Å². The molecule has 2 aliphatic rings. The third-order valence-corrected chi connectivity index (χ3v) is 6.45. The molecular formula is C24H23FN2O2. The second-order valence-corrected chi connectivity index (χ2v) is 8.09. The van der Waals surface area contributed by atoms with Crippen LogP contribution in [0.1, 0.15) is 34.8 Å². The summed E-state index contributed by atoms with van der Waals surface area (Å²) in [6.45, 7) is 2.33. The monoisotopic (exact) mass is 390 g/mol. The van der Waals surface area contributed by atoms with Crippen molar-refractivity contribution in [3.8, 4) is 0 Å². The van der Waals surface area contributed by atoms with Gasteiger partial charge in [0.15, 0.2) is 0 Å². The number of carbonyl (C=O) groups is 1. The Bertz CT molecular complexity index is 995. The van der Waals surface area contributed by atoms with Gasteiger partial charge < -0.3 is 14.2 Å². The Morgan fingerprint density at radius 1 is 1.03 bits per heavy atom. The highest BCUT2D eigenvalue weighted by atomic mass is 19.1. The van der Waals surface area contributed by atoms with Crippen molar-refractivity contribution in [3.05, 3.63) is 90.1 Å². The second-order valence-electron chi connectivity index (χ2n) is 8.09. The van der Waals surface area contributed by atoms with E-state index in [1.165, 1.54) is 24.2 Å². The lowest BCUT2D eigenvalue weighted by molar-refractivity contribution is 0.0270. The van der Waals surface area contributed by atoms with Crippen LogP contribution in [-0.4, -0.2) is 30.4 Å². The highest BCUT2D eigenvalue weighted by Gasteiger charge is 2.54. The van der Waals surface area contributed by atoms with E-state index in [0.29, 0.717) is 5.56 Å². The summed E-state index contributed by atoms with van der Waals surface area (Å²) >= 11 is 0. The van der Waals surface area contributed by atoms with Crippen LogP contribution in [-0.2, 0) is 0 Å². The van der Waals surface area contributed by atoms with Gasteiger partial charge in [-0.25, -0.2) is 4.39 Å². The smallest absolute Gasteiger partial charge is 0.257 e. The van der Waals surface area contributed by atoms with E-state index in [-0.39, 0.29) is 23.2 Å². The highest BCUT2D eigenvalue weighted by Crippen LogP contribution is 2.56. The predicted octanol–water partition coefficient (Wildman–Crippen LogP) is 4.90. The number of hydrogen-bond acceptors (Lipinski definition) is 3. The molecule has 0 N–H and O–H groups in total. The van der Waals surface area contributed by atoms with Crippen molar-refractivity contribution in [2.45, 2.75) is 18.9 Å². The first kappa shape index (κ1) is 18.0. The van der Waals surface area contributed by atoms with Crippen molar-refractivity contribution in [1.82, 2.24) is 4.90 Å². The summed E-state index contributed by atoms with van der Waals surface area (Å²) in [5, 5.41) is 0. The van der Waals surface area contributed by atoms with Crippen LogP contribution in [0.15, 0.2) is 77.6 Å². The summed E-state index contributed by atoms with van der Waals surface area (Å²) in [4.78, 5) is 16.9. The van der Waals surface area contributed by atoms with E-state index in [1.807, 2.05) is 17.0 Å². The SMILES string of the molecule is O=C(c1ccoc1)N1CCC2(CC1)CN(c1cccc(F)c1)C2c1ccccc1. The van der Waals surface area contributed by atoms with Gasteiger partial charge in [0, 0.05) is 30.7 Å². The molecule has 5 rings (SSSR count). The van der Waals surface area contributed by atoms with Gasteiger partial charge in [-0.05, 0) is 42.7 Å². The molecule has 1 amide bonds. The quantitative estimate of drug-likeness (QED) is 0.638. The van der Waals surface area contributed by atoms with E-state index in [0.717, 1.165) is 38.2 Å². The van der Waals surface area contributed by atoms with Crippen LogP contribution in [0, 0.1) is 11.2 Å². The van der Waals surface area contributed by atoms with Crippen LogP contribution in [0.2, 0.25) is 0 Å². The van der Waals surface area contributed by atoms with Crippen molar-refractivity contribution in [1.29, 1.82) is 0 Å². The van der Waals surface area contributed by atoms with E-state index in [2.05, 4.69) is 29.2 Å². The maximum atomic E-state index is 13.8. The molecule has 2 fully saturated rings. The Hall–Kier alpha value is -3.08. The number of likely N-dealkylation sites (tertiary alicyclic amines) is 1. The summed E-state index contributed by atoms with van der Waals surface area (Å²) in [5.74, 6) is -0.179. The topological polar surface area (TPSA) is 36.7 Å². The van der Waals surface area contributed by atoms with E-state index >= 15 is 0 Å². The van der Waals surface area contributed by atoms with E-state index in [9.17, 15) is 9.18 Å². The molecule has 2 aromatic carbocycles. The lowest BCUT2D eigenvalue weighted by atomic mass is 9.63. The minimum Gasteiger partial charge on any atom is -0.472 e. The number of nitrogens with zero attached hydrogens (tertiary/aromatic N) is 2.